The van der Waals surface area contributed by atoms with Crippen molar-refractivity contribution in [2.75, 3.05) is 23.7 Å². The predicted octanol–water partition coefficient (Wildman–Crippen LogP) is 3.90. The molecule has 0 atom stereocenters. The Morgan fingerprint density at radius 1 is 1.26 bits per heavy atom. The van der Waals surface area contributed by atoms with E-state index in [1.54, 1.807) is 11.3 Å². The van der Waals surface area contributed by atoms with Gasteiger partial charge in [-0.25, -0.2) is 4.98 Å². The van der Waals surface area contributed by atoms with Crippen molar-refractivity contribution in [2.24, 2.45) is 5.41 Å². The molecule has 0 unspecified atom stereocenters. The van der Waals surface area contributed by atoms with Gasteiger partial charge in [0.2, 0.25) is 0 Å². The molecule has 2 heterocycles. The second-order valence-electron chi connectivity index (χ2n) is 6.20. The molecule has 19 heavy (non-hydrogen) atoms. The van der Waals surface area contributed by atoms with Crippen molar-refractivity contribution in [2.45, 2.75) is 33.1 Å². The van der Waals surface area contributed by atoms with Crippen LogP contribution in [0.5, 0.6) is 0 Å². The largest absolute Gasteiger partial charge is 0.395 e. The van der Waals surface area contributed by atoms with E-state index in [9.17, 15) is 0 Å². The van der Waals surface area contributed by atoms with E-state index < -0.39 is 0 Å². The van der Waals surface area contributed by atoms with E-state index in [2.05, 4.69) is 35.9 Å². The highest BCUT2D eigenvalue weighted by Crippen LogP contribution is 2.36. The third kappa shape index (κ3) is 2.41. The Bertz CT molecular complexity index is 588. The summed E-state index contributed by atoms with van der Waals surface area (Å²) < 4.78 is 1.18. The number of benzene rings is 1. The second-order valence-corrected chi connectivity index (χ2v) is 7.09. The zero-order valence-electron chi connectivity index (χ0n) is 11.6. The lowest BCUT2D eigenvalue weighted by atomic mass is 9.85. The smallest absolute Gasteiger partial charge is 0.106 e. The van der Waals surface area contributed by atoms with Crippen molar-refractivity contribution >= 4 is 32.9 Å². The minimum absolute atomic E-state index is 0.453. The molecular weight excluding hydrogens is 254 g/mol. The summed E-state index contributed by atoms with van der Waals surface area (Å²) in [5, 5.41) is 0. The molecule has 1 fully saturated rings. The predicted molar refractivity (Wildman–Crippen MR) is 83.9 cm³/mol. The van der Waals surface area contributed by atoms with Crippen LogP contribution in [0.1, 0.15) is 33.1 Å². The highest BCUT2D eigenvalue weighted by atomic mass is 32.1. The summed E-state index contributed by atoms with van der Waals surface area (Å²) in [7, 11) is 0. The Labute approximate surface area is 118 Å². The number of nitrogen functional groups attached to an aromatic ring is 1. The third-order valence-electron chi connectivity index (χ3n) is 4.20. The fourth-order valence-corrected chi connectivity index (χ4v) is 3.57. The number of anilines is 2. The first-order chi connectivity index (χ1) is 9.07. The van der Waals surface area contributed by atoms with Crippen molar-refractivity contribution in [3.8, 4) is 0 Å². The molecular formula is C15H21N3S. The van der Waals surface area contributed by atoms with Crippen LogP contribution in [0.25, 0.3) is 10.2 Å². The number of rotatable bonds is 1. The van der Waals surface area contributed by atoms with Gasteiger partial charge in [0.25, 0.3) is 0 Å². The van der Waals surface area contributed by atoms with E-state index in [1.165, 1.54) is 24.0 Å². The summed E-state index contributed by atoms with van der Waals surface area (Å²) >= 11 is 1.65. The van der Waals surface area contributed by atoms with Gasteiger partial charge in [-0.1, -0.05) is 13.8 Å². The first-order valence-electron chi connectivity index (χ1n) is 6.93. The average molecular weight is 275 g/mol. The number of hydrogen-bond donors (Lipinski definition) is 1. The van der Waals surface area contributed by atoms with E-state index in [4.69, 9.17) is 5.73 Å². The van der Waals surface area contributed by atoms with E-state index in [0.717, 1.165) is 30.0 Å². The first-order valence-corrected chi connectivity index (χ1v) is 7.81. The van der Waals surface area contributed by atoms with Crippen LogP contribution in [-0.2, 0) is 0 Å². The molecule has 0 aliphatic carbocycles. The Morgan fingerprint density at radius 2 is 2.11 bits per heavy atom. The minimum atomic E-state index is 0.453. The van der Waals surface area contributed by atoms with E-state index in [1.807, 2.05) is 5.51 Å². The van der Waals surface area contributed by atoms with Gasteiger partial charge in [-0.05, 0) is 36.8 Å². The van der Waals surface area contributed by atoms with Gasteiger partial charge in [0.1, 0.15) is 5.52 Å². The fourth-order valence-electron chi connectivity index (χ4n) is 2.88. The summed E-state index contributed by atoms with van der Waals surface area (Å²) in [4.78, 5) is 6.83. The van der Waals surface area contributed by atoms with Crippen LogP contribution >= 0.6 is 11.3 Å². The molecule has 2 aromatic rings. The van der Waals surface area contributed by atoms with E-state index in [0.29, 0.717) is 5.41 Å². The van der Waals surface area contributed by atoms with Gasteiger partial charge in [0.05, 0.1) is 21.6 Å². The summed E-state index contributed by atoms with van der Waals surface area (Å²) in [6.45, 7) is 6.92. The van der Waals surface area contributed by atoms with Gasteiger partial charge in [-0.3, -0.25) is 0 Å². The van der Waals surface area contributed by atoms with Gasteiger partial charge >= 0.3 is 0 Å². The molecule has 0 spiro atoms. The number of hydrogen-bond acceptors (Lipinski definition) is 4. The maximum absolute atomic E-state index is 6.32. The quantitative estimate of drug-likeness (QED) is 0.803. The molecule has 3 nitrogen and oxygen atoms in total. The number of nitrogens with zero attached hydrogens (tertiary/aromatic N) is 2. The van der Waals surface area contributed by atoms with Crippen LogP contribution in [0.4, 0.5) is 11.4 Å². The molecule has 0 bridgehead atoms. The molecule has 1 saturated heterocycles. The Kier molecular flexibility index (Phi) is 3.13. The van der Waals surface area contributed by atoms with Crippen molar-refractivity contribution < 1.29 is 0 Å². The van der Waals surface area contributed by atoms with Crippen LogP contribution in [0.3, 0.4) is 0 Å². The molecule has 1 aliphatic rings. The summed E-state index contributed by atoms with van der Waals surface area (Å²) in [5.74, 6) is 0. The number of aromatic nitrogens is 1. The molecule has 1 aromatic heterocycles. The van der Waals surface area contributed by atoms with Gasteiger partial charge in [0.15, 0.2) is 0 Å². The SMILES string of the molecule is CC1(C)CCCN(c2ccc3scnc3c2N)CC1. The first kappa shape index (κ1) is 12.7. The van der Waals surface area contributed by atoms with Crippen LogP contribution in [0, 0.1) is 5.41 Å². The van der Waals surface area contributed by atoms with Gasteiger partial charge in [-0.2, -0.15) is 0 Å². The van der Waals surface area contributed by atoms with Gasteiger partial charge < -0.3 is 10.6 Å². The third-order valence-corrected chi connectivity index (χ3v) is 4.99. The summed E-state index contributed by atoms with van der Waals surface area (Å²) in [6, 6.07) is 4.31. The lowest BCUT2D eigenvalue weighted by molar-refractivity contribution is 0.325. The zero-order chi connectivity index (χ0) is 13.5. The normalized spacial score (nSPS) is 19.6. The average Bonchev–Trinajstić information content (AvgIpc) is 2.77. The van der Waals surface area contributed by atoms with E-state index >= 15 is 0 Å². The zero-order valence-corrected chi connectivity index (χ0v) is 12.5. The van der Waals surface area contributed by atoms with Gasteiger partial charge in [-0.15, -0.1) is 11.3 Å². The Balaban J connectivity index is 1.93. The molecule has 1 aromatic carbocycles. The van der Waals surface area contributed by atoms with Crippen LogP contribution in [-0.4, -0.2) is 18.1 Å². The van der Waals surface area contributed by atoms with Crippen LogP contribution < -0.4 is 10.6 Å². The molecule has 2 N–H and O–H groups in total. The standard InChI is InChI=1S/C15H21N3S/c1-15(2)6-3-8-18(9-7-15)11-4-5-12-14(13(11)16)17-10-19-12/h4-5,10H,3,6-9,16H2,1-2H3. The highest BCUT2D eigenvalue weighted by Gasteiger charge is 2.24. The van der Waals surface area contributed by atoms with Crippen molar-refractivity contribution in [1.29, 1.82) is 0 Å². The Morgan fingerprint density at radius 3 is 2.95 bits per heavy atom. The molecule has 0 saturated carbocycles. The molecule has 0 amide bonds. The monoisotopic (exact) mass is 275 g/mol. The molecule has 0 radical (unpaired) electrons. The van der Waals surface area contributed by atoms with Crippen LogP contribution in [0.2, 0.25) is 0 Å². The second kappa shape index (κ2) is 4.67. The molecule has 1 aliphatic heterocycles. The summed E-state index contributed by atoms with van der Waals surface area (Å²) in [5.41, 5.74) is 11.6. The number of thiazole rings is 1. The Hall–Kier alpha value is -1.29. The maximum Gasteiger partial charge on any atom is 0.106 e. The number of nitrogens with two attached hydrogens (primary N) is 1. The molecule has 4 heteroatoms. The van der Waals surface area contributed by atoms with Crippen molar-refractivity contribution in [3.63, 3.8) is 0 Å². The topological polar surface area (TPSA) is 42.2 Å². The fraction of sp³-hybridized carbons (Fsp3) is 0.533. The van der Waals surface area contributed by atoms with E-state index in [-0.39, 0.29) is 0 Å². The highest BCUT2D eigenvalue weighted by molar-refractivity contribution is 7.16. The van der Waals surface area contributed by atoms with Crippen LogP contribution in [0.15, 0.2) is 17.6 Å². The summed E-state index contributed by atoms with van der Waals surface area (Å²) in [6.07, 6.45) is 3.76. The van der Waals surface area contributed by atoms with Crippen molar-refractivity contribution in [1.82, 2.24) is 4.98 Å². The maximum atomic E-state index is 6.32. The molecule has 3 rings (SSSR count). The van der Waals surface area contributed by atoms with Gasteiger partial charge in [0, 0.05) is 13.1 Å². The van der Waals surface area contributed by atoms with Crippen molar-refractivity contribution in [3.05, 3.63) is 17.6 Å². The lowest BCUT2D eigenvalue weighted by Crippen LogP contribution is -2.25. The number of fused-ring (bicyclic) bond motifs is 1. The lowest BCUT2D eigenvalue weighted by Gasteiger charge is -2.26. The minimum Gasteiger partial charge on any atom is -0.395 e. The molecule has 102 valence electrons.